The largest absolute Gasteiger partial charge is 0.493 e. The van der Waals surface area contributed by atoms with Crippen LogP contribution < -0.4 is 20.1 Å². The Bertz CT molecular complexity index is 856. The Hall–Kier alpha value is -3.09. The number of halogens is 1. The van der Waals surface area contributed by atoms with Crippen LogP contribution in [-0.2, 0) is 16.1 Å². The molecule has 1 fully saturated rings. The zero-order valence-corrected chi connectivity index (χ0v) is 15.1. The molecule has 142 valence electrons. The summed E-state index contributed by atoms with van der Waals surface area (Å²) < 4.78 is 24.0. The van der Waals surface area contributed by atoms with Crippen LogP contribution in [0.1, 0.15) is 12.0 Å². The van der Waals surface area contributed by atoms with Gasteiger partial charge in [0.2, 0.25) is 11.8 Å². The van der Waals surface area contributed by atoms with E-state index in [0.29, 0.717) is 29.2 Å². The van der Waals surface area contributed by atoms with E-state index in [-0.39, 0.29) is 24.2 Å². The van der Waals surface area contributed by atoms with Crippen molar-refractivity contribution in [3.8, 4) is 11.5 Å². The highest BCUT2D eigenvalue weighted by molar-refractivity contribution is 5.99. The SMILES string of the molecule is COc1ccc(NC(=O)C2CC2C(=O)NCc2ccccc2F)cc1OC. The Morgan fingerprint density at radius 3 is 2.44 bits per heavy atom. The standard InChI is InChI=1S/C20H21FN2O4/c1-26-17-8-7-13(9-18(17)27-2)23-20(25)15-10-14(15)19(24)22-11-12-5-3-4-6-16(12)21/h3-9,14-15H,10-11H2,1-2H3,(H,22,24)(H,23,25). The molecule has 0 bridgehead atoms. The first-order valence-electron chi connectivity index (χ1n) is 8.57. The van der Waals surface area contributed by atoms with Crippen molar-refractivity contribution in [1.82, 2.24) is 5.32 Å². The van der Waals surface area contributed by atoms with Crippen LogP contribution in [0.2, 0.25) is 0 Å². The van der Waals surface area contributed by atoms with Crippen LogP contribution in [0.15, 0.2) is 42.5 Å². The predicted octanol–water partition coefficient (Wildman–Crippen LogP) is 2.73. The third-order valence-corrected chi connectivity index (χ3v) is 4.53. The highest BCUT2D eigenvalue weighted by Crippen LogP contribution is 2.40. The molecule has 2 aromatic carbocycles. The second-order valence-corrected chi connectivity index (χ2v) is 6.32. The number of rotatable bonds is 7. The van der Waals surface area contributed by atoms with E-state index in [1.807, 2.05) is 0 Å². The van der Waals surface area contributed by atoms with Crippen molar-refractivity contribution in [2.45, 2.75) is 13.0 Å². The molecule has 0 aromatic heterocycles. The van der Waals surface area contributed by atoms with Crippen LogP contribution in [0, 0.1) is 17.7 Å². The quantitative estimate of drug-likeness (QED) is 0.784. The molecule has 0 aliphatic heterocycles. The minimum absolute atomic E-state index is 0.103. The van der Waals surface area contributed by atoms with Gasteiger partial charge in [0, 0.05) is 23.9 Å². The molecule has 0 radical (unpaired) electrons. The Morgan fingerprint density at radius 1 is 1.04 bits per heavy atom. The van der Waals surface area contributed by atoms with E-state index in [1.165, 1.54) is 20.3 Å². The Morgan fingerprint density at radius 2 is 1.74 bits per heavy atom. The summed E-state index contributed by atoms with van der Waals surface area (Å²) in [6, 6.07) is 11.3. The van der Waals surface area contributed by atoms with Gasteiger partial charge >= 0.3 is 0 Å². The summed E-state index contributed by atoms with van der Waals surface area (Å²) in [6.45, 7) is 0.103. The lowest BCUT2D eigenvalue weighted by Gasteiger charge is -2.10. The van der Waals surface area contributed by atoms with Crippen molar-refractivity contribution >= 4 is 17.5 Å². The highest BCUT2D eigenvalue weighted by Gasteiger charge is 2.47. The number of ether oxygens (including phenoxy) is 2. The minimum Gasteiger partial charge on any atom is -0.493 e. The van der Waals surface area contributed by atoms with Crippen LogP contribution in [0.3, 0.4) is 0 Å². The van der Waals surface area contributed by atoms with Crippen LogP contribution in [0.5, 0.6) is 11.5 Å². The third kappa shape index (κ3) is 4.36. The van der Waals surface area contributed by atoms with Crippen molar-refractivity contribution < 1.29 is 23.5 Å². The average Bonchev–Trinajstić information content (AvgIpc) is 3.48. The first kappa shape index (κ1) is 18.7. The molecule has 2 N–H and O–H groups in total. The summed E-state index contributed by atoms with van der Waals surface area (Å²) in [5.74, 6) is -0.552. The van der Waals surface area contributed by atoms with Crippen LogP contribution in [0.25, 0.3) is 0 Å². The van der Waals surface area contributed by atoms with E-state index in [4.69, 9.17) is 9.47 Å². The predicted molar refractivity (Wildman–Crippen MR) is 98.0 cm³/mol. The van der Waals surface area contributed by atoms with Gasteiger partial charge in [-0.2, -0.15) is 0 Å². The fourth-order valence-electron chi connectivity index (χ4n) is 2.88. The van der Waals surface area contributed by atoms with Crippen molar-refractivity contribution in [1.29, 1.82) is 0 Å². The number of nitrogens with one attached hydrogen (secondary N) is 2. The minimum atomic E-state index is -0.392. The zero-order chi connectivity index (χ0) is 19.4. The van der Waals surface area contributed by atoms with Gasteiger partial charge in [0.25, 0.3) is 0 Å². The smallest absolute Gasteiger partial charge is 0.228 e. The number of anilines is 1. The van der Waals surface area contributed by atoms with Crippen molar-refractivity contribution in [2.75, 3.05) is 19.5 Å². The normalized spacial score (nSPS) is 17.7. The van der Waals surface area contributed by atoms with E-state index >= 15 is 0 Å². The van der Waals surface area contributed by atoms with Gasteiger partial charge in [-0.3, -0.25) is 9.59 Å². The lowest BCUT2D eigenvalue weighted by Crippen LogP contribution is -2.27. The maximum absolute atomic E-state index is 13.6. The maximum Gasteiger partial charge on any atom is 0.228 e. The monoisotopic (exact) mass is 372 g/mol. The van der Waals surface area contributed by atoms with Crippen LogP contribution >= 0.6 is 0 Å². The molecule has 0 spiro atoms. The number of carbonyl (C=O) groups excluding carboxylic acids is 2. The number of benzene rings is 2. The van der Waals surface area contributed by atoms with Crippen LogP contribution in [0.4, 0.5) is 10.1 Å². The molecule has 2 aromatic rings. The van der Waals surface area contributed by atoms with Gasteiger partial charge in [-0.25, -0.2) is 4.39 Å². The summed E-state index contributed by atoms with van der Waals surface area (Å²) in [4.78, 5) is 24.5. The molecule has 2 amide bonds. The molecular formula is C20H21FN2O4. The van der Waals surface area contributed by atoms with E-state index in [9.17, 15) is 14.0 Å². The Kier molecular flexibility index (Phi) is 5.59. The molecular weight excluding hydrogens is 351 g/mol. The fraction of sp³-hybridized carbons (Fsp3) is 0.300. The molecule has 1 aliphatic rings. The van der Waals surface area contributed by atoms with Gasteiger partial charge in [-0.05, 0) is 24.6 Å². The lowest BCUT2D eigenvalue weighted by molar-refractivity contribution is -0.125. The van der Waals surface area contributed by atoms with E-state index < -0.39 is 11.8 Å². The van der Waals surface area contributed by atoms with Gasteiger partial charge in [0.15, 0.2) is 11.5 Å². The molecule has 2 atom stereocenters. The number of methoxy groups -OCH3 is 2. The van der Waals surface area contributed by atoms with Gasteiger partial charge in [0.1, 0.15) is 5.82 Å². The Balaban J connectivity index is 1.53. The molecule has 27 heavy (non-hydrogen) atoms. The Labute approximate surface area is 156 Å². The topological polar surface area (TPSA) is 76.7 Å². The molecule has 0 saturated heterocycles. The second kappa shape index (κ2) is 8.07. The number of carbonyl (C=O) groups is 2. The molecule has 3 rings (SSSR count). The summed E-state index contributed by atoms with van der Waals surface area (Å²) in [6.07, 6.45) is 0.474. The fourth-order valence-corrected chi connectivity index (χ4v) is 2.88. The van der Waals surface area contributed by atoms with Crippen molar-refractivity contribution in [3.63, 3.8) is 0 Å². The van der Waals surface area contributed by atoms with Crippen molar-refractivity contribution in [3.05, 3.63) is 53.8 Å². The molecule has 2 unspecified atom stereocenters. The van der Waals surface area contributed by atoms with Gasteiger partial charge < -0.3 is 20.1 Å². The average molecular weight is 372 g/mol. The van der Waals surface area contributed by atoms with E-state index in [1.54, 1.807) is 36.4 Å². The highest BCUT2D eigenvalue weighted by atomic mass is 19.1. The van der Waals surface area contributed by atoms with Crippen LogP contribution in [-0.4, -0.2) is 26.0 Å². The summed E-state index contributed by atoms with van der Waals surface area (Å²) >= 11 is 0. The molecule has 1 aliphatic carbocycles. The number of hydrogen-bond donors (Lipinski definition) is 2. The summed E-state index contributed by atoms with van der Waals surface area (Å²) in [5.41, 5.74) is 0.980. The molecule has 0 heterocycles. The zero-order valence-electron chi connectivity index (χ0n) is 15.1. The van der Waals surface area contributed by atoms with Gasteiger partial charge in [-0.1, -0.05) is 18.2 Å². The summed E-state index contributed by atoms with van der Waals surface area (Å²) in [5, 5.41) is 5.47. The second-order valence-electron chi connectivity index (χ2n) is 6.32. The maximum atomic E-state index is 13.6. The summed E-state index contributed by atoms with van der Waals surface area (Å²) in [7, 11) is 3.05. The van der Waals surface area contributed by atoms with Gasteiger partial charge in [-0.15, -0.1) is 0 Å². The molecule has 1 saturated carbocycles. The first-order chi connectivity index (χ1) is 13.0. The van der Waals surface area contributed by atoms with Crippen molar-refractivity contribution in [2.24, 2.45) is 11.8 Å². The third-order valence-electron chi connectivity index (χ3n) is 4.53. The number of amides is 2. The molecule has 7 heteroatoms. The van der Waals surface area contributed by atoms with E-state index in [0.717, 1.165) is 0 Å². The molecule has 6 nitrogen and oxygen atoms in total. The van der Waals surface area contributed by atoms with E-state index in [2.05, 4.69) is 10.6 Å². The lowest BCUT2D eigenvalue weighted by atomic mass is 10.2. The first-order valence-corrected chi connectivity index (χ1v) is 8.57. The van der Waals surface area contributed by atoms with Gasteiger partial charge in [0.05, 0.1) is 26.1 Å². The number of hydrogen-bond acceptors (Lipinski definition) is 4.